The summed E-state index contributed by atoms with van der Waals surface area (Å²) in [6.07, 6.45) is 0. The molecule has 0 saturated heterocycles. The summed E-state index contributed by atoms with van der Waals surface area (Å²) in [6.45, 7) is 0.776. The molecular formula is C16H14ClF2NO2. The Hall–Kier alpha value is -2.14. The second kappa shape index (κ2) is 6.75. The summed E-state index contributed by atoms with van der Waals surface area (Å²) in [5, 5.41) is 2.68. The van der Waals surface area contributed by atoms with Gasteiger partial charge in [0.25, 0.3) is 5.91 Å². The summed E-state index contributed by atoms with van der Waals surface area (Å²) in [4.78, 5) is 12.3. The zero-order valence-electron chi connectivity index (χ0n) is 12.0. The second-order valence-electron chi connectivity index (χ2n) is 4.80. The van der Waals surface area contributed by atoms with Crippen LogP contribution in [0, 0.1) is 13.8 Å². The molecule has 0 spiro atoms. The number of anilines is 1. The Morgan fingerprint density at radius 2 is 1.91 bits per heavy atom. The van der Waals surface area contributed by atoms with Gasteiger partial charge in [-0.05, 0) is 43.7 Å². The molecule has 0 aromatic heterocycles. The Morgan fingerprint density at radius 3 is 2.55 bits per heavy atom. The highest BCUT2D eigenvalue weighted by Crippen LogP contribution is 2.29. The van der Waals surface area contributed by atoms with E-state index < -0.39 is 6.61 Å². The van der Waals surface area contributed by atoms with Gasteiger partial charge in [-0.3, -0.25) is 4.79 Å². The van der Waals surface area contributed by atoms with Crippen LogP contribution in [0.25, 0.3) is 0 Å². The van der Waals surface area contributed by atoms with Crippen LogP contribution in [0.4, 0.5) is 14.5 Å². The third-order valence-electron chi connectivity index (χ3n) is 3.04. The number of amides is 1. The molecule has 0 saturated carbocycles. The first-order chi connectivity index (χ1) is 10.4. The number of ether oxygens (including phenoxy) is 1. The number of halogens is 3. The molecule has 116 valence electrons. The van der Waals surface area contributed by atoms with E-state index in [9.17, 15) is 13.6 Å². The highest BCUT2D eigenvalue weighted by Gasteiger charge is 2.12. The van der Waals surface area contributed by atoms with Gasteiger partial charge in [0.1, 0.15) is 5.75 Å². The summed E-state index contributed by atoms with van der Waals surface area (Å²) in [5.74, 6) is -0.429. The van der Waals surface area contributed by atoms with Gasteiger partial charge < -0.3 is 10.1 Å². The Morgan fingerprint density at radius 1 is 1.18 bits per heavy atom. The van der Waals surface area contributed by atoms with Crippen molar-refractivity contribution in [2.45, 2.75) is 20.5 Å². The van der Waals surface area contributed by atoms with Crippen molar-refractivity contribution >= 4 is 23.2 Å². The van der Waals surface area contributed by atoms with Gasteiger partial charge in [-0.25, -0.2) is 0 Å². The third kappa shape index (κ3) is 3.95. The molecule has 0 unspecified atom stereocenters. The second-order valence-corrected chi connectivity index (χ2v) is 5.20. The van der Waals surface area contributed by atoms with Crippen LogP contribution in [0.15, 0.2) is 36.4 Å². The van der Waals surface area contributed by atoms with Crippen molar-refractivity contribution in [2.24, 2.45) is 0 Å². The summed E-state index contributed by atoms with van der Waals surface area (Å²) >= 11 is 5.85. The lowest BCUT2D eigenvalue weighted by atomic mass is 10.1. The number of aryl methyl sites for hydroxylation is 2. The summed E-state index contributed by atoms with van der Waals surface area (Å²) in [6, 6.07) is 9.65. The largest absolute Gasteiger partial charge is 0.433 e. The molecule has 0 fully saturated rings. The van der Waals surface area contributed by atoms with Crippen molar-refractivity contribution in [3.05, 3.63) is 58.1 Å². The quantitative estimate of drug-likeness (QED) is 0.876. The molecule has 0 aliphatic heterocycles. The fourth-order valence-corrected chi connectivity index (χ4v) is 2.17. The lowest BCUT2D eigenvalue weighted by Gasteiger charge is -2.11. The van der Waals surface area contributed by atoms with Crippen molar-refractivity contribution in [1.82, 2.24) is 0 Å². The SMILES string of the molecule is Cc1ccc(C)c(C(=O)Nc2ccc(OC(F)F)c(Cl)c2)c1. The fraction of sp³-hybridized carbons (Fsp3) is 0.188. The van der Waals surface area contributed by atoms with Gasteiger partial charge in [0, 0.05) is 11.3 Å². The predicted octanol–water partition coefficient (Wildman–Crippen LogP) is 4.81. The topological polar surface area (TPSA) is 38.3 Å². The molecule has 6 heteroatoms. The molecule has 3 nitrogen and oxygen atoms in total. The molecule has 0 aliphatic carbocycles. The first-order valence-electron chi connectivity index (χ1n) is 6.50. The van der Waals surface area contributed by atoms with E-state index in [-0.39, 0.29) is 16.7 Å². The maximum Gasteiger partial charge on any atom is 0.387 e. The van der Waals surface area contributed by atoms with E-state index in [0.717, 1.165) is 11.1 Å². The average molecular weight is 326 g/mol. The molecule has 2 aromatic rings. The molecule has 1 amide bonds. The van der Waals surface area contributed by atoms with Gasteiger partial charge in [-0.2, -0.15) is 8.78 Å². The number of alkyl halides is 2. The lowest BCUT2D eigenvalue weighted by Crippen LogP contribution is -2.13. The smallest absolute Gasteiger partial charge is 0.387 e. The van der Waals surface area contributed by atoms with E-state index >= 15 is 0 Å². The zero-order valence-corrected chi connectivity index (χ0v) is 12.7. The number of carbonyl (C=O) groups excluding carboxylic acids is 1. The van der Waals surface area contributed by atoms with Crippen LogP contribution in [0.3, 0.4) is 0 Å². The Bertz CT molecular complexity index is 705. The number of nitrogens with one attached hydrogen (secondary N) is 1. The van der Waals surface area contributed by atoms with Crippen LogP contribution < -0.4 is 10.1 Å². The molecule has 0 aliphatic rings. The number of hydrogen-bond donors (Lipinski definition) is 1. The van der Waals surface area contributed by atoms with E-state index in [4.69, 9.17) is 11.6 Å². The minimum Gasteiger partial charge on any atom is -0.433 e. The van der Waals surface area contributed by atoms with E-state index in [1.807, 2.05) is 26.0 Å². The Labute approximate surface area is 131 Å². The van der Waals surface area contributed by atoms with Crippen molar-refractivity contribution in [1.29, 1.82) is 0 Å². The minimum atomic E-state index is -2.95. The number of carbonyl (C=O) groups is 1. The molecule has 1 N–H and O–H groups in total. The standard InChI is InChI=1S/C16H14ClF2NO2/c1-9-3-4-10(2)12(7-9)15(21)20-11-5-6-14(13(17)8-11)22-16(18)19/h3-8,16H,1-2H3,(H,20,21). The molecule has 0 radical (unpaired) electrons. The Balaban J connectivity index is 2.18. The van der Waals surface area contributed by atoms with Gasteiger partial charge in [-0.15, -0.1) is 0 Å². The van der Waals surface area contributed by atoms with Crippen molar-refractivity contribution in [3.8, 4) is 5.75 Å². The normalized spacial score (nSPS) is 10.6. The molecule has 0 atom stereocenters. The summed E-state index contributed by atoms with van der Waals surface area (Å²) in [5.41, 5.74) is 2.75. The molecular weight excluding hydrogens is 312 g/mol. The van der Waals surface area contributed by atoms with Gasteiger partial charge in [0.05, 0.1) is 5.02 Å². The van der Waals surface area contributed by atoms with E-state index in [0.29, 0.717) is 11.3 Å². The van der Waals surface area contributed by atoms with Crippen molar-refractivity contribution < 1.29 is 18.3 Å². The zero-order chi connectivity index (χ0) is 16.3. The Kier molecular flexibility index (Phi) is 4.98. The molecule has 0 bridgehead atoms. The van der Waals surface area contributed by atoms with Gasteiger partial charge in [-0.1, -0.05) is 29.3 Å². The summed E-state index contributed by atoms with van der Waals surface area (Å²) < 4.78 is 28.6. The number of rotatable bonds is 4. The van der Waals surface area contributed by atoms with Crippen LogP contribution in [0.1, 0.15) is 21.5 Å². The van der Waals surface area contributed by atoms with Crippen LogP contribution in [0.2, 0.25) is 5.02 Å². The third-order valence-corrected chi connectivity index (χ3v) is 3.34. The number of hydrogen-bond acceptors (Lipinski definition) is 2. The molecule has 2 aromatic carbocycles. The summed E-state index contributed by atoms with van der Waals surface area (Å²) in [7, 11) is 0. The van der Waals surface area contributed by atoms with Gasteiger partial charge >= 0.3 is 6.61 Å². The van der Waals surface area contributed by atoms with Crippen molar-refractivity contribution in [2.75, 3.05) is 5.32 Å². The average Bonchev–Trinajstić information content (AvgIpc) is 2.44. The predicted molar refractivity (Wildman–Crippen MR) is 82.0 cm³/mol. The van der Waals surface area contributed by atoms with E-state index in [1.54, 1.807) is 6.07 Å². The lowest BCUT2D eigenvalue weighted by molar-refractivity contribution is -0.0497. The highest BCUT2D eigenvalue weighted by molar-refractivity contribution is 6.32. The number of benzene rings is 2. The van der Waals surface area contributed by atoms with Crippen molar-refractivity contribution in [3.63, 3.8) is 0 Å². The van der Waals surface area contributed by atoms with Crippen LogP contribution in [0.5, 0.6) is 5.75 Å². The molecule has 22 heavy (non-hydrogen) atoms. The van der Waals surface area contributed by atoms with Gasteiger partial charge in [0.2, 0.25) is 0 Å². The fourth-order valence-electron chi connectivity index (χ4n) is 1.95. The minimum absolute atomic E-state index is 0.000867. The molecule has 0 heterocycles. The monoisotopic (exact) mass is 325 g/mol. The van der Waals surface area contributed by atoms with Crippen LogP contribution in [-0.2, 0) is 0 Å². The van der Waals surface area contributed by atoms with Crippen LogP contribution >= 0.6 is 11.6 Å². The first kappa shape index (κ1) is 16.2. The maximum absolute atomic E-state index is 12.3. The van der Waals surface area contributed by atoms with Gasteiger partial charge in [0.15, 0.2) is 0 Å². The maximum atomic E-state index is 12.3. The molecule has 2 rings (SSSR count). The van der Waals surface area contributed by atoms with E-state index in [2.05, 4.69) is 10.1 Å². The van der Waals surface area contributed by atoms with E-state index in [1.165, 1.54) is 18.2 Å². The highest BCUT2D eigenvalue weighted by atomic mass is 35.5. The van der Waals surface area contributed by atoms with Crippen LogP contribution in [-0.4, -0.2) is 12.5 Å². The first-order valence-corrected chi connectivity index (χ1v) is 6.87.